The van der Waals surface area contributed by atoms with Gasteiger partial charge in [0.1, 0.15) is 11.6 Å². The summed E-state index contributed by atoms with van der Waals surface area (Å²) in [5, 5.41) is 2.93. The second-order valence-electron chi connectivity index (χ2n) is 6.23. The third-order valence-electron chi connectivity index (χ3n) is 4.34. The van der Waals surface area contributed by atoms with E-state index < -0.39 is 6.10 Å². The van der Waals surface area contributed by atoms with Gasteiger partial charge < -0.3 is 10.1 Å². The topological polar surface area (TPSA) is 38.3 Å². The number of benzene rings is 2. The second kappa shape index (κ2) is 9.21. The average Bonchev–Trinajstić information content (AvgIpc) is 2.61. The Bertz CT molecular complexity index is 698. The monoisotopic (exact) mass is 343 g/mol. The summed E-state index contributed by atoms with van der Waals surface area (Å²) < 4.78 is 18.8. The lowest BCUT2D eigenvalue weighted by molar-refractivity contribution is -0.128. The lowest BCUT2D eigenvalue weighted by Crippen LogP contribution is -2.38. The van der Waals surface area contributed by atoms with Gasteiger partial charge in [0, 0.05) is 6.54 Å². The number of ether oxygens (including phenoxy) is 1. The summed E-state index contributed by atoms with van der Waals surface area (Å²) in [6, 6.07) is 12.3. The van der Waals surface area contributed by atoms with Crippen LogP contribution in [-0.4, -0.2) is 18.6 Å². The number of halogens is 1. The van der Waals surface area contributed by atoms with Crippen molar-refractivity contribution in [1.82, 2.24) is 5.32 Å². The van der Waals surface area contributed by atoms with Gasteiger partial charge >= 0.3 is 0 Å². The number of rotatable bonds is 8. The van der Waals surface area contributed by atoms with Gasteiger partial charge in [0.25, 0.3) is 5.91 Å². The van der Waals surface area contributed by atoms with Crippen LogP contribution in [0.25, 0.3) is 0 Å². The van der Waals surface area contributed by atoms with Gasteiger partial charge in [0.05, 0.1) is 0 Å². The summed E-state index contributed by atoms with van der Waals surface area (Å²) in [5.74, 6) is 0.433. The smallest absolute Gasteiger partial charge is 0.261 e. The minimum absolute atomic E-state index is 0.0949. The van der Waals surface area contributed by atoms with Gasteiger partial charge in [0.2, 0.25) is 0 Å². The fraction of sp³-hybridized carbons (Fsp3) is 0.381. The molecule has 0 aromatic heterocycles. The molecule has 0 saturated heterocycles. The number of carbonyl (C=O) groups is 1. The van der Waals surface area contributed by atoms with Crippen LogP contribution < -0.4 is 10.1 Å². The summed E-state index contributed by atoms with van der Waals surface area (Å²) >= 11 is 0. The molecule has 0 unspecified atom stereocenters. The molecule has 3 nitrogen and oxygen atoms in total. The lowest BCUT2D eigenvalue weighted by atomic mass is 10.1. The summed E-state index contributed by atoms with van der Waals surface area (Å²) in [6.07, 6.45) is 1.72. The van der Waals surface area contributed by atoms with E-state index in [1.54, 1.807) is 12.1 Å². The Morgan fingerprint density at radius 2 is 1.88 bits per heavy atom. The zero-order chi connectivity index (χ0) is 18.2. The molecule has 2 rings (SSSR count). The van der Waals surface area contributed by atoms with Gasteiger partial charge in [-0.2, -0.15) is 0 Å². The fourth-order valence-corrected chi connectivity index (χ4v) is 2.60. The molecule has 1 atom stereocenters. The molecule has 0 saturated carbocycles. The predicted molar refractivity (Wildman–Crippen MR) is 98.4 cm³/mol. The fourth-order valence-electron chi connectivity index (χ4n) is 2.60. The van der Waals surface area contributed by atoms with Crippen molar-refractivity contribution >= 4 is 5.91 Å². The van der Waals surface area contributed by atoms with Crippen LogP contribution in [0.3, 0.4) is 0 Å². The number of hydrogen-bond acceptors (Lipinski definition) is 2. The first kappa shape index (κ1) is 19.0. The molecule has 0 bridgehead atoms. The van der Waals surface area contributed by atoms with Gasteiger partial charge in [-0.25, -0.2) is 4.39 Å². The second-order valence-corrected chi connectivity index (χ2v) is 6.23. The number of aryl methyl sites for hydroxylation is 2. The van der Waals surface area contributed by atoms with Gasteiger partial charge in [-0.15, -0.1) is 0 Å². The van der Waals surface area contributed by atoms with Crippen LogP contribution in [0.1, 0.15) is 36.5 Å². The first-order valence-corrected chi connectivity index (χ1v) is 8.76. The molecule has 1 amide bonds. The molecule has 0 fully saturated rings. The van der Waals surface area contributed by atoms with Crippen LogP contribution in [0.4, 0.5) is 4.39 Å². The molecular formula is C21H26FNO2. The average molecular weight is 343 g/mol. The Balaban J connectivity index is 1.81. The largest absolute Gasteiger partial charge is 0.480 e. The van der Waals surface area contributed by atoms with Crippen molar-refractivity contribution in [3.63, 3.8) is 0 Å². The molecule has 4 heteroatoms. The van der Waals surface area contributed by atoms with Crippen molar-refractivity contribution in [2.24, 2.45) is 0 Å². The molecule has 2 aromatic carbocycles. The van der Waals surface area contributed by atoms with Crippen LogP contribution in [0.2, 0.25) is 0 Å². The molecule has 0 aliphatic rings. The molecule has 2 aromatic rings. The highest BCUT2D eigenvalue weighted by Crippen LogP contribution is 2.22. The van der Waals surface area contributed by atoms with E-state index >= 15 is 0 Å². The van der Waals surface area contributed by atoms with E-state index in [0.717, 1.165) is 35.3 Å². The maximum Gasteiger partial charge on any atom is 0.261 e. The third kappa shape index (κ3) is 5.59. The zero-order valence-electron chi connectivity index (χ0n) is 15.1. The van der Waals surface area contributed by atoms with Gasteiger partial charge in [-0.05, 0) is 68.0 Å². The number of carbonyl (C=O) groups excluding carboxylic acids is 1. The Morgan fingerprint density at radius 3 is 2.56 bits per heavy atom. The molecular weight excluding hydrogens is 317 g/mol. The molecule has 1 N–H and O–H groups in total. The lowest BCUT2D eigenvalue weighted by Gasteiger charge is -2.19. The van der Waals surface area contributed by atoms with Crippen molar-refractivity contribution in [3.8, 4) is 5.75 Å². The van der Waals surface area contributed by atoms with Crippen LogP contribution in [0.15, 0.2) is 42.5 Å². The van der Waals surface area contributed by atoms with Crippen molar-refractivity contribution < 1.29 is 13.9 Å². The van der Waals surface area contributed by atoms with Crippen LogP contribution in [0.5, 0.6) is 5.75 Å². The molecule has 0 heterocycles. The first-order chi connectivity index (χ1) is 12.0. The molecule has 0 spiro atoms. The van der Waals surface area contributed by atoms with E-state index in [2.05, 4.69) is 5.32 Å². The highest BCUT2D eigenvalue weighted by molar-refractivity contribution is 5.81. The minimum atomic E-state index is -0.494. The normalized spacial score (nSPS) is 11.8. The van der Waals surface area contributed by atoms with E-state index in [9.17, 15) is 9.18 Å². The van der Waals surface area contributed by atoms with E-state index in [0.29, 0.717) is 13.0 Å². The van der Waals surface area contributed by atoms with Gasteiger partial charge in [0.15, 0.2) is 6.10 Å². The van der Waals surface area contributed by atoms with E-state index in [1.165, 1.54) is 12.1 Å². The third-order valence-corrected chi connectivity index (χ3v) is 4.34. The Labute approximate surface area is 149 Å². The summed E-state index contributed by atoms with van der Waals surface area (Å²) in [7, 11) is 0. The van der Waals surface area contributed by atoms with Crippen LogP contribution >= 0.6 is 0 Å². The molecule has 0 aliphatic heterocycles. The van der Waals surface area contributed by atoms with Crippen LogP contribution in [0, 0.1) is 19.7 Å². The first-order valence-electron chi connectivity index (χ1n) is 8.76. The molecule has 0 aliphatic carbocycles. The van der Waals surface area contributed by atoms with Crippen molar-refractivity contribution in [2.75, 3.05) is 6.54 Å². The number of hydrogen-bond donors (Lipinski definition) is 1. The quantitative estimate of drug-likeness (QED) is 0.724. The maximum atomic E-state index is 12.9. The Morgan fingerprint density at radius 1 is 1.16 bits per heavy atom. The highest BCUT2D eigenvalue weighted by atomic mass is 19.1. The minimum Gasteiger partial charge on any atom is -0.480 e. The molecule has 134 valence electrons. The summed E-state index contributed by atoms with van der Waals surface area (Å²) in [6.45, 7) is 6.54. The van der Waals surface area contributed by atoms with E-state index in [4.69, 9.17) is 4.74 Å². The van der Waals surface area contributed by atoms with Crippen LogP contribution in [-0.2, 0) is 11.2 Å². The van der Waals surface area contributed by atoms with Crippen molar-refractivity contribution in [1.29, 1.82) is 0 Å². The summed E-state index contributed by atoms with van der Waals surface area (Å²) in [4.78, 5) is 12.3. The number of amides is 1. The molecule has 0 radical (unpaired) electrons. The highest BCUT2D eigenvalue weighted by Gasteiger charge is 2.18. The van der Waals surface area contributed by atoms with E-state index in [-0.39, 0.29) is 11.7 Å². The van der Waals surface area contributed by atoms with Crippen molar-refractivity contribution in [2.45, 2.75) is 46.1 Å². The van der Waals surface area contributed by atoms with E-state index in [1.807, 2.05) is 39.0 Å². The standard InChI is InChI=1S/C21H26FNO2/c1-4-19(25-20-9-5-7-15(2)16(20)3)21(24)23-14-6-8-17-10-12-18(22)13-11-17/h5,7,9-13,19H,4,6,8,14H2,1-3H3,(H,23,24)/t19-/m0/s1. The van der Waals surface area contributed by atoms with Crippen molar-refractivity contribution in [3.05, 3.63) is 65.0 Å². The Kier molecular flexibility index (Phi) is 6.99. The van der Waals surface area contributed by atoms with Gasteiger partial charge in [-0.1, -0.05) is 31.2 Å². The zero-order valence-corrected chi connectivity index (χ0v) is 15.1. The summed E-state index contributed by atoms with van der Waals surface area (Å²) in [5.41, 5.74) is 3.27. The SMILES string of the molecule is CC[C@H](Oc1cccc(C)c1C)C(=O)NCCCc1ccc(F)cc1. The number of nitrogens with one attached hydrogen (secondary N) is 1. The van der Waals surface area contributed by atoms with Gasteiger partial charge in [-0.3, -0.25) is 4.79 Å². The molecule has 25 heavy (non-hydrogen) atoms. The maximum absolute atomic E-state index is 12.9. The predicted octanol–water partition coefficient (Wildman–Crippen LogP) is 4.35. The Hall–Kier alpha value is -2.36.